The Balaban J connectivity index is 2.22. The van der Waals surface area contributed by atoms with E-state index < -0.39 is 0 Å². The molecule has 0 bridgehead atoms. The number of hydrogen-bond acceptors (Lipinski definition) is 3. The van der Waals surface area contributed by atoms with Gasteiger partial charge in [-0.3, -0.25) is 9.79 Å². The van der Waals surface area contributed by atoms with E-state index in [0.29, 0.717) is 6.54 Å². The highest BCUT2D eigenvalue weighted by atomic mass is 32.1. The number of hydrogen-bond donors (Lipinski definition) is 0. The van der Waals surface area contributed by atoms with Gasteiger partial charge in [0.2, 0.25) is 0 Å². The number of fused-ring (bicyclic) bond motifs is 1. The maximum absolute atomic E-state index is 12.3. The lowest BCUT2D eigenvalue weighted by Crippen LogP contribution is -2.35. The van der Waals surface area contributed by atoms with Gasteiger partial charge < -0.3 is 4.90 Å². The maximum Gasteiger partial charge on any atom is 0.268 e. The molecule has 0 radical (unpaired) electrons. The molecule has 1 aromatic heterocycles. The molecule has 3 nitrogen and oxygen atoms in total. The zero-order valence-corrected chi connectivity index (χ0v) is 11.5. The van der Waals surface area contributed by atoms with E-state index in [1.807, 2.05) is 24.4 Å². The fourth-order valence-corrected chi connectivity index (χ4v) is 2.83. The van der Waals surface area contributed by atoms with Crippen LogP contribution in [0.4, 0.5) is 0 Å². The molecule has 1 aromatic rings. The summed E-state index contributed by atoms with van der Waals surface area (Å²) in [4.78, 5) is 18.8. The Morgan fingerprint density at radius 2 is 2.39 bits per heavy atom. The number of carbonyl (C=O) groups excluding carboxylic acids is 1. The minimum absolute atomic E-state index is 0.0671. The second-order valence-corrected chi connectivity index (χ2v) is 5.10. The van der Waals surface area contributed by atoms with Crippen molar-refractivity contribution in [2.75, 3.05) is 13.6 Å². The van der Waals surface area contributed by atoms with Gasteiger partial charge in [0.25, 0.3) is 5.91 Å². The summed E-state index contributed by atoms with van der Waals surface area (Å²) >= 11 is 1.51. The third kappa shape index (κ3) is 2.29. The average molecular weight is 260 g/mol. The van der Waals surface area contributed by atoms with Crippen molar-refractivity contribution in [3.05, 3.63) is 45.8 Å². The molecule has 0 saturated carbocycles. The molecule has 1 amide bonds. The number of carbonyl (C=O) groups is 1. The molecular formula is C14H16N2OS. The number of allylic oxidation sites excluding steroid dienone is 2. The average Bonchev–Trinajstić information content (AvgIpc) is 2.84. The summed E-state index contributed by atoms with van der Waals surface area (Å²) in [7, 11) is 1.72. The zero-order chi connectivity index (χ0) is 13.1. The smallest absolute Gasteiger partial charge is 0.268 e. The van der Waals surface area contributed by atoms with Crippen molar-refractivity contribution < 1.29 is 4.79 Å². The van der Waals surface area contributed by atoms with Crippen LogP contribution >= 0.6 is 11.3 Å². The van der Waals surface area contributed by atoms with Gasteiger partial charge in [0, 0.05) is 25.5 Å². The third-order valence-electron chi connectivity index (χ3n) is 3.05. The van der Waals surface area contributed by atoms with E-state index in [4.69, 9.17) is 0 Å². The maximum atomic E-state index is 12.3. The van der Waals surface area contributed by atoms with Gasteiger partial charge in [-0.25, -0.2) is 0 Å². The monoisotopic (exact) mass is 260 g/mol. The lowest BCUT2D eigenvalue weighted by molar-refractivity contribution is 0.0801. The van der Waals surface area contributed by atoms with Crippen LogP contribution in [0.2, 0.25) is 0 Å². The van der Waals surface area contributed by atoms with Crippen LogP contribution in [0.5, 0.6) is 0 Å². The minimum Gasteiger partial charge on any atom is -0.308 e. The number of amides is 1. The predicted molar refractivity (Wildman–Crippen MR) is 76.4 cm³/mol. The third-order valence-corrected chi connectivity index (χ3v) is 3.99. The van der Waals surface area contributed by atoms with Crippen LogP contribution in [0, 0.1) is 0 Å². The summed E-state index contributed by atoms with van der Waals surface area (Å²) in [6, 6.07) is 2.03. The molecule has 0 saturated heterocycles. The molecule has 0 unspecified atom stereocenters. The Morgan fingerprint density at radius 3 is 3.11 bits per heavy atom. The van der Waals surface area contributed by atoms with E-state index in [0.717, 1.165) is 28.1 Å². The first-order chi connectivity index (χ1) is 8.65. The van der Waals surface area contributed by atoms with E-state index in [9.17, 15) is 4.79 Å². The molecule has 0 atom stereocenters. The molecule has 1 aliphatic heterocycles. The second-order valence-electron chi connectivity index (χ2n) is 4.19. The van der Waals surface area contributed by atoms with Gasteiger partial charge in [-0.05, 0) is 42.0 Å². The van der Waals surface area contributed by atoms with Gasteiger partial charge >= 0.3 is 0 Å². The molecule has 2 rings (SSSR count). The predicted octanol–water partition coefficient (Wildman–Crippen LogP) is 2.91. The summed E-state index contributed by atoms with van der Waals surface area (Å²) < 4.78 is 0. The van der Waals surface area contributed by atoms with Crippen LogP contribution in [0.15, 0.2) is 40.4 Å². The fourth-order valence-electron chi connectivity index (χ4n) is 1.93. The molecule has 0 fully saturated rings. The van der Waals surface area contributed by atoms with Crippen molar-refractivity contribution in [2.24, 2.45) is 4.99 Å². The first-order valence-corrected chi connectivity index (χ1v) is 6.69. The van der Waals surface area contributed by atoms with Gasteiger partial charge in [-0.1, -0.05) is 6.58 Å². The van der Waals surface area contributed by atoms with Crippen molar-refractivity contribution in [3.63, 3.8) is 0 Å². The van der Waals surface area contributed by atoms with Crippen molar-refractivity contribution in [3.8, 4) is 0 Å². The molecule has 18 heavy (non-hydrogen) atoms. The van der Waals surface area contributed by atoms with E-state index in [2.05, 4.69) is 11.6 Å². The van der Waals surface area contributed by atoms with Crippen LogP contribution in [-0.2, 0) is 6.42 Å². The van der Waals surface area contributed by atoms with Crippen molar-refractivity contribution in [1.29, 1.82) is 0 Å². The molecule has 0 N–H and O–H groups in total. The van der Waals surface area contributed by atoms with E-state index in [1.54, 1.807) is 18.2 Å². The van der Waals surface area contributed by atoms with Gasteiger partial charge in [0.1, 0.15) is 0 Å². The van der Waals surface area contributed by atoms with Gasteiger partial charge in [0.15, 0.2) is 0 Å². The topological polar surface area (TPSA) is 32.7 Å². The molecule has 0 aliphatic carbocycles. The lowest BCUT2D eigenvalue weighted by Gasteiger charge is -2.28. The van der Waals surface area contributed by atoms with Crippen LogP contribution in [-0.4, -0.2) is 30.6 Å². The highest BCUT2D eigenvalue weighted by Gasteiger charge is 2.27. The van der Waals surface area contributed by atoms with Gasteiger partial charge in [0.05, 0.1) is 4.88 Å². The largest absolute Gasteiger partial charge is 0.308 e. The molecule has 94 valence electrons. The van der Waals surface area contributed by atoms with Gasteiger partial charge in [-0.2, -0.15) is 0 Å². The van der Waals surface area contributed by atoms with Crippen LogP contribution in [0.25, 0.3) is 0 Å². The van der Waals surface area contributed by atoms with Crippen LogP contribution in [0.1, 0.15) is 22.2 Å². The van der Waals surface area contributed by atoms with Crippen LogP contribution < -0.4 is 0 Å². The number of thiophene rings is 1. The quantitative estimate of drug-likeness (QED) is 0.607. The summed E-state index contributed by atoms with van der Waals surface area (Å²) in [5.41, 5.74) is 2.89. The molecule has 0 aromatic carbocycles. The molecule has 0 spiro atoms. The van der Waals surface area contributed by atoms with Crippen molar-refractivity contribution in [1.82, 2.24) is 4.90 Å². The Bertz CT molecular complexity index is 540. The van der Waals surface area contributed by atoms with Crippen molar-refractivity contribution >= 4 is 23.5 Å². The summed E-state index contributed by atoms with van der Waals surface area (Å²) in [6.07, 6.45) is 4.49. The zero-order valence-electron chi connectivity index (χ0n) is 10.6. The highest BCUT2D eigenvalue weighted by Crippen LogP contribution is 2.27. The summed E-state index contributed by atoms with van der Waals surface area (Å²) in [5.74, 6) is 0.0671. The second kappa shape index (κ2) is 5.31. The molecule has 1 aliphatic rings. The van der Waals surface area contributed by atoms with Crippen LogP contribution in [0.3, 0.4) is 0 Å². The summed E-state index contributed by atoms with van der Waals surface area (Å²) in [6.45, 7) is 6.67. The van der Waals surface area contributed by atoms with E-state index in [-0.39, 0.29) is 5.91 Å². The Morgan fingerprint density at radius 1 is 1.61 bits per heavy atom. The Labute approximate surface area is 111 Å². The normalized spacial score (nSPS) is 16.2. The summed E-state index contributed by atoms with van der Waals surface area (Å²) in [5, 5.41) is 1.97. The Kier molecular flexibility index (Phi) is 3.77. The Hall–Kier alpha value is -1.68. The number of rotatable bonds is 3. The van der Waals surface area contributed by atoms with Gasteiger partial charge in [-0.15, -0.1) is 11.3 Å². The lowest BCUT2D eigenvalue weighted by atomic mass is 10.1. The first kappa shape index (κ1) is 12.8. The SMILES string of the molecule is C=C(C(C)=CC=NC)N1CCc2ccsc2C1=O. The molecular weight excluding hydrogens is 244 g/mol. The standard InChI is InChI=1S/C14H16N2OS/c1-10(4-7-15-3)11(2)16-8-5-12-6-9-18-13(12)14(16)17/h4,6-7,9H,2,5,8H2,1,3H3. The number of nitrogens with zero attached hydrogens (tertiary/aromatic N) is 2. The minimum atomic E-state index is 0.0671. The first-order valence-electron chi connectivity index (χ1n) is 5.81. The van der Waals surface area contributed by atoms with E-state index >= 15 is 0 Å². The highest BCUT2D eigenvalue weighted by molar-refractivity contribution is 7.12. The molecule has 4 heteroatoms. The number of aliphatic imine (C=N–C) groups is 1. The van der Waals surface area contributed by atoms with E-state index in [1.165, 1.54) is 11.3 Å². The fraction of sp³-hybridized carbons (Fsp3) is 0.286. The molecule has 2 heterocycles. The van der Waals surface area contributed by atoms with Crippen molar-refractivity contribution in [2.45, 2.75) is 13.3 Å².